The zero-order valence-corrected chi connectivity index (χ0v) is 11.2. The largest absolute Gasteiger partial charge is 0.494 e. The van der Waals surface area contributed by atoms with Crippen molar-refractivity contribution < 1.29 is 13.9 Å². The number of benzene rings is 2. The first-order valence-electron chi connectivity index (χ1n) is 5.98. The standard InChI is InChI=1S/C16H15FO2/c1-10-4-6-13(11(2)8-10)16(18)12-5-7-14(17)15(9-12)19-3/h4-9H,1-3H3. The lowest BCUT2D eigenvalue weighted by Crippen LogP contribution is -2.04. The molecule has 2 aromatic rings. The fraction of sp³-hybridized carbons (Fsp3) is 0.188. The highest BCUT2D eigenvalue weighted by molar-refractivity contribution is 6.10. The molecule has 0 saturated heterocycles. The summed E-state index contributed by atoms with van der Waals surface area (Å²) in [5.74, 6) is -0.522. The topological polar surface area (TPSA) is 26.3 Å². The van der Waals surface area contributed by atoms with Gasteiger partial charge in [0.25, 0.3) is 0 Å². The molecule has 0 aliphatic carbocycles. The monoisotopic (exact) mass is 258 g/mol. The number of ether oxygens (including phenoxy) is 1. The molecular weight excluding hydrogens is 243 g/mol. The minimum atomic E-state index is -0.473. The first-order valence-corrected chi connectivity index (χ1v) is 5.98. The highest BCUT2D eigenvalue weighted by Crippen LogP contribution is 2.22. The molecule has 0 unspecified atom stereocenters. The van der Waals surface area contributed by atoms with Crippen LogP contribution in [-0.2, 0) is 0 Å². The van der Waals surface area contributed by atoms with Crippen LogP contribution in [0.3, 0.4) is 0 Å². The Kier molecular flexibility index (Phi) is 3.65. The van der Waals surface area contributed by atoms with E-state index >= 15 is 0 Å². The Balaban J connectivity index is 2.44. The molecule has 0 spiro atoms. The fourth-order valence-corrected chi connectivity index (χ4v) is 2.02. The van der Waals surface area contributed by atoms with Crippen molar-refractivity contribution in [3.05, 3.63) is 64.5 Å². The molecule has 0 aliphatic rings. The van der Waals surface area contributed by atoms with E-state index in [2.05, 4.69) is 0 Å². The van der Waals surface area contributed by atoms with E-state index in [4.69, 9.17) is 4.74 Å². The van der Waals surface area contributed by atoms with Gasteiger partial charge in [0, 0.05) is 11.1 Å². The van der Waals surface area contributed by atoms with E-state index in [1.807, 2.05) is 26.0 Å². The molecule has 0 bridgehead atoms. The first-order chi connectivity index (χ1) is 9.02. The number of methoxy groups -OCH3 is 1. The van der Waals surface area contributed by atoms with E-state index in [9.17, 15) is 9.18 Å². The quantitative estimate of drug-likeness (QED) is 0.785. The van der Waals surface area contributed by atoms with Gasteiger partial charge in [0.1, 0.15) is 0 Å². The molecular formula is C16H15FO2. The van der Waals surface area contributed by atoms with Crippen LogP contribution in [0.2, 0.25) is 0 Å². The van der Waals surface area contributed by atoms with Gasteiger partial charge in [0.05, 0.1) is 7.11 Å². The number of carbonyl (C=O) groups excluding carboxylic acids is 1. The summed E-state index contributed by atoms with van der Waals surface area (Å²) in [7, 11) is 1.38. The van der Waals surface area contributed by atoms with E-state index in [1.54, 1.807) is 6.07 Å². The summed E-state index contributed by atoms with van der Waals surface area (Å²) in [5.41, 5.74) is 3.06. The van der Waals surface area contributed by atoms with Gasteiger partial charge in [0.2, 0.25) is 0 Å². The van der Waals surface area contributed by atoms with Crippen LogP contribution in [0.4, 0.5) is 4.39 Å². The van der Waals surface area contributed by atoms with Crippen molar-refractivity contribution in [2.24, 2.45) is 0 Å². The minimum absolute atomic E-state index is 0.0793. The summed E-state index contributed by atoms with van der Waals surface area (Å²) < 4.78 is 18.2. The van der Waals surface area contributed by atoms with Crippen molar-refractivity contribution >= 4 is 5.78 Å². The molecule has 0 amide bonds. The van der Waals surface area contributed by atoms with Crippen LogP contribution in [0, 0.1) is 19.7 Å². The third kappa shape index (κ3) is 2.65. The normalized spacial score (nSPS) is 10.3. The maximum absolute atomic E-state index is 13.3. The van der Waals surface area contributed by atoms with Crippen LogP contribution >= 0.6 is 0 Å². The van der Waals surface area contributed by atoms with Gasteiger partial charge in [-0.05, 0) is 37.6 Å². The van der Waals surface area contributed by atoms with E-state index in [-0.39, 0.29) is 11.5 Å². The Hall–Kier alpha value is -2.16. The van der Waals surface area contributed by atoms with Crippen molar-refractivity contribution in [1.82, 2.24) is 0 Å². The molecule has 2 rings (SSSR count). The Morgan fingerprint density at radius 3 is 2.47 bits per heavy atom. The van der Waals surface area contributed by atoms with E-state index in [0.29, 0.717) is 11.1 Å². The number of rotatable bonds is 3. The number of aryl methyl sites for hydroxylation is 2. The highest BCUT2D eigenvalue weighted by atomic mass is 19.1. The van der Waals surface area contributed by atoms with Gasteiger partial charge in [0.15, 0.2) is 17.3 Å². The predicted molar refractivity (Wildman–Crippen MR) is 72.3 cm³/mol. The number of hydrogen-bond acceptors (Lipinski definition) is 2. The van der Waals surface area contributed by atoms with Crippen molar-refractivity contribution in [3.8, 4) is 5.75 Å². The van der Waals surface area contributed by atoms with Crippen LogP contribution < -0.4 is 4.74 Å². The number of hydrogen-bond donors (Lipinski definition) is 0. The maximum Gasteiger partial charge on any atom is 0.193 e. The van der Waals surface area contributed by atoms with Crippen LogP contribution in [0.25, 0.3) is 0 Å². The zero-order chi connectivity index (χ0) is 14.0. The molecule has 0 N–H and O–H groups in total. The Morgan fingerprint density at radius 1 is 1.11 bits per heavy atom. The summed E-state index contributed by atoms with van der Waals surface area (Å²) in [4.78, 5) is 12.4. The molecule has 98 valence electrons. The lowest BCUT2D eigenvalue weighted by atomic mass is 9.97. The van der Waals surface area contributed by atoms with Crippen LogP contribution in [0.1, 0.15) is 27.0 Å². The molecule has 0 radical (unpaired) electrons. The first kappa shape index (κ1) is 13.3. The summed E-state index contributed by atoms with van der Waals surface area (Å²) in [5, 5.41) is 0. The smallest absolute Gasteiger partial charge is 0.193 e. The lowest BCUT2D eigenvalue weighted by molar-refractivity contribution is 0.103. The van der Waals surface area contributed by atoms with Crippen LogP contribution in [-0.4, -0.2) is 12.9 Å². The fourth-order valence-electron chi connectivity index (χ4n) is 2.02. The molecule has 19 heavy (non-hydrogen) atoms. The minimum Gasteiger partial charge on any atom is -0.494 e. The molecule has 0 atom stereocenters. The van der Waals surface area contributed by atoms with Gasteiger partial charge in [-0.25, -0.2) is 4.39 Å². The molecule has 2 nitrogen and oxygen atoms in total. The average molecular weight is 258 g/mol. The Morgan fingerprint density at radius 2 is 1.84 bits per heavy atom. The molecule has 0 fully saturated rings. The third-order valence-electron chi connectivity index (χ3n) is 3.04. The predicted octanol–water partition coefficient (Wildman–Crippen LogP) is 3.68. The van der Waals surface area contributed by atoms with Gasteiger partial charge < -0.3 is 4.74 Å². The van der Waals surface area contributed by atoms with Gasteiger partial charge in [-0.15, -0.1) is 0 Å². The third-order valence-corrected chi connectivity index (χ3v) is 3.04. The summed E-state index contributed by atoms with van der Waals surface area (Å²) in [6, 6.07) is 9.78. The number of carbonyl (C=O) groups is 1. The summed E-state index contributed by atoms with van der Waals surface area (Å²) >= 11 is 0. The van der Waals surface area contributed by atoms with Crippen molar-refractivity contribution in [1.29, 1.82) is 0 Å². The average Bonchev–Trinajstić information content (AvgIpc) is 2.38. The second-order valence-electron chi connectivity index (χ2n) is 4.50. The zero-order valence-electron chi connectivity index (χ0n) is 11.2. The molecule has 0 aliphatic heterocycles. The second-order valence-corrected chi connectivity index (χ2v) is 4.50. The number of halogens is 1. The van der Waals surface area contributed by atoms with Crippen molar-refractivity contribution in [2.75, 3.05) is 7.11 Å². The molecule has 2 aromatic carbocycles. The van der Waals surface area contributed by atoms with Gasteiger partial charge >= 0.3 is 0 Å². The molecule has 3 heteroatoms. The second kappa shape index (κ2) is 5.22. The number of ketones is 1. The van der Waals surface area contributed by atoms with Gasteiger partial charge in [-0.1, -0.05) is 23.8 Å². The van der Waals surface area contributed by atoms with Gasteiger partial charge in [-0.3, -0.25) is 4.79 Å². The Labute approximate surface area is 111 Å². The summed E-state index contributed by atoms with van der Waals surface area (Å²) in [6.45, 7) is 3.86. The molecule has 0 heterocycles. The van der Waals surface area contributed by atoms with E-state index in [0.717, 1.165) is 11.1 Å². The van der Waals surface area contributed by atoms with E-state index < -0.39 is 5.82 Å². The van der Waals surface area contributed by atoms with Crippen LogP contribution in [0.5, 0.6) is 5.75 Å². The van der Waals surface area contributed by atoms with Gasteiger partial charge in [-0.2, -0.15) is 0 Å². The van der Waals surface area contributed by atoms with Crippen molar-refractivity contribution in [3.63, 3.8) is 0 Å². The van der Waals surface area contributed by atoms with E-state index in [1.165, 1.54) is 25.3 Å². The lowest BCUT2D eigenvalue weighted by Gasteiger charge is -2.08. The molecule has 0 aromatic heterocycles. The summed E-state index contributed by atoms with van der Waals surface area (Å²) in [6.07, 6.45) is 0. The maximum atomic E-state index is 13.3. The van der Waals surface area contributed by atoms with Crippen LogP contribution in [0.15, 0.2) is 36.4 Å². The SMILES string of the molecule is COc1cc(C(=O)c2ccc(C)cc2C)ccc1F. The molecule has 0 saturated carbocycles. The van der Waals surface area contributed by atoms with Crippen molar-refractivity contribution in [2.45, 2.75) is 13.8 Å². The highest BCUT2D eigenvalue weighted by Gasteiger charge is 2.14. The Bertz CT molecular complexity index is 633.